The molecule has 1 rings (SSSR count). The van der Waals surface area contributed by atoms with Gasteiger partial charge in [-0.2, -0.15) is 0 Å². The van der Waals surface area contributed by atoms with Crippen LogP contribution in [0.5, 0.6) is 0 Å². The Kier molecular flexibility index (Phi) is 10.7. The summed E-state index contributed by atoms with van der Waals surface area (Å²) in [5, 5.41) is 11.2. The molecule has 1 amide bonds. The lowest BCUT2D eigenvalue weighted by Gasteiger charge is -2.14. The molecule has 0 bridgehead atoms. The largest absolute Gasteiger partial charge is 0.384 e. The first-order valence-corrected chi connectivity index (χ1v) is 7.76. The summed E-state index contributed by atoms with van der Waals surface area (Å²) in [6, 6.07) is 7.52. The maximum atomic E-state index is 10.9. The number of para-hydroxylation sites is 1. The van der Waals surface area contributed by atoms with Crippen LogP contribution in [0, 0.1) is 5.41 Å². The summed E-state index contributed by atoms with van der Waals surface area (Å²) in [6.45, 7) is 6.09. The van der Waals surface area contributed by atoms with Crippen molar-refractivity contribution < 1.29 is 4.79 Å². The van der Waals surface area contributed by atoms with Crippen LogP contribution in [0.25, 0.3) is 0 Å². The van der Waals surface area contributed by atoms with Gasteiger partial charge in [0, 0.05) is 23.5 Å². The molecule has 0 aliphatic carbocycles. The van der Waals surface area contributed by atoms with Crippen LogP contribution in [0.2, 0.25) is 0 Å². The number of anilines is 1. The molecule has 0 spiro atoms. The van der Waals surface area contributed by atoms with Gasteiger partial charge < -0.3 is 21.4 Å². The number of hydrogen-bond donors (Lipinski definition) is 3. The van der Waals surface area contributed by atoms with E-state index in [-0.39, 0.29) is 12.1 Å². The fraction of sp³-hybridized carbons (Fsp3) is 0.529. The summed E-state index contributed by atoms with van der Waals surface area (Å²) in [4.78, 5) is 13.0. The van der Waals surface area contributed by atoms with E-state index >= 15 is 0 Å². The van der Waals surface area contributed by atoms with Gasteiger partial charge in [-0.05, 0) is 33.1 Å². The first kappa shape index (κ1) is 20.1. The zero-order valence-electron chi connectivity index (χ0n) is 14.3. The van der Waals surface area contributed by atoms with E-state index in [0.29, 0.717) is 0 Å². The van der Waals surface area contributed by atoms with Crippen LogP contribution in [0.4, 0.5) is 5.69 Å². The Balaban J connectivity index is 0.00000135. The summed E-state index contributed by atoms with van der Waals surface area (Å²) in [6.07, 6.45) is 2.24. The van der Waals surface area contributed by atoms with Gasteiger partial charge in [-0.25, -0.2) is 0 Å². The monoisotopic (exact) mass is 306 g/mol. The van der Waals surface area contributed by atoms with Gasteiger partial charge in [0.05, 0.1) is 6.42 Å². The average molecular weight is 306 g/mol. The SMILES string of the molecule is CCC.CN(C)CCCNc1ccccc1C(=N)CC(N)=O. The quantitative estimate of drug-likeness (QED) is 0.510. The summed E-state index contributed by atoms with van der Waals surface area (Å²) < 4.78 is 0. The van der Waals surface area contributed by atoms with Crippen LogP contribution in [-0.2, 0) is 4.79 Å². The Morgan fingerprint density at radius 2 is 1.86 bits per heavy atom. The second kappa shape index (κ2) is 11.7. The second-order valence-electron chi connectivity index (χ2n) is 5.46. The van der Waals surface area contributed by atoms with E-state index in [0.717, 1.165) is 30.8 Å². The highest BCUT2D eigenvalue weighted by Crippen LogP contribution is 2.16. The third-order valence-electron chi connectivity index (χ3n) is 2.70. The molecule has 0 aliphatic heterocycles. The predicted molar refractivity (Wildman–Crippen MR) is 94.7 cm³/mol. The van der Waals surface area contributed by atoms with Crippen LogP contribution in [0.1, 0.15) is 38.7 Å². The van der Waals surface area contributed by atoms with Gasteiger partial charge in [0.15, 0.2) is 0 Å². The molecule has 0 atom stereocenters. The number of hydrogen-bond acceptors (Lipinski definition) is 4. The molecule has 124 valence electrons. The first-order chi connectivity index (χ1) is 10.4. The summed E-state index contributed by atoms with van der Waals surface area (Å²) in [5.74, 6) is -0.479. The fourth-order valence-corrected chi connectivity index (χ4v) is 1.79. The third kappa shape index (κ3) is 9.13. The van der Waals surface area contributed by atoms with Crippen molar-refractivity contribution in [1.29, 1.82) is 5.41 Å². The number of nitrogens with two attached hydrogens (primary N) is 1. The Morgan fingerprint density at radius 1 is 1.27 bits per heavy atom. The average Bonchev–Trinajstić information content (AvgIpc) is 2.44. The van der Waals surface area contributed by atoms with Crippen molar-refractivity contribution in [2.45, 2.75) is 33.1 Å². The third-order valence-corrected chi connectivity index (χ3v) is 2.70. The van der Waals surface area contributed by atoms with Crippen LogP contribution >= 0.6 is 0 Å². The van der Waals surface area contributed by atoms with Gasteiger partial charge in [-0.1, -0.05) is 38.5 Å². The van der Waals surface area contributed by atoms with E-state index in [4.69, 9.17) is 11.1 Å². The lowest BCUT2D eigenvalue weighted by atomic mass is 10.0. The molecule has 4 N–H and O–H groups in total. The molecule has 1 aromatic carbocycles. The molecule has 0 radical (unpaired) electrons. The molecule has 0 unspecified atom stereocenters. The molecule has 0 aromatic heterocycles. The number of benzene rings is 1. The van der Waals surface area contributed by atoms with Crippen molar-refractivity contribution in [3.63, 3.8) is 0 Å². The minimum absolute atomic E-state index is 0.0314. The van der Waals surface area contributed by atoms with Gasteiger partial charge in [0.1, 0.15) is 0 Å². The summed E-state index contributed by atoms with van der Waals surface area (Å²) >= 11 is 0. The zero-order valence-corrected chi connectivity index (χ0v) is 14.3. The number of primary amides is 1. The van der Waals surface area contributed by atoms with E-state index in [9.17, 15) is 4.79 Å². The second-order valence-corrected chi connectivity index (χ2v) is 5.46. The molecule has 0 saturated heterocycles. The molecule has 0 fully saturated rings. The van der Waals surface area contributed by atoms with Gasteiger partial charge in [0.2, 0.25) is 5.91 Å². The Morgan fingerprint density at radius 3 is 2.41 bits per heavy atom. The van der Waals surface area contributed by atoms with Gasteiger partial charge in [-0.3, -0.25) is 4.79 Å². The maximum Gasteiger partial charge on any atom is 0.223 e. The van der Waals surface area contributed by atoms with Crippen molar-refractivity contribution in [3.05, 3.63) is 29.8 Å². The lowest BCUT2D eigenvalue weighted by Crippen LogP contribution is -2.19. The number of carbonyl (C=O) groups is 1. The van der Waals surface area contributed by atoms with E-state index in [1.165, 1.54) is 6.42 Å². The van der Waals surface area contributed by atoms with Crippen LogP contribution < -0.4 is 11.1 Å². The normalized spacial score (nSPS) is 9.86. The highest BCUT2D eigenvalue weighted by molar-refractivity contribution is 6.11. The van der Waals surface area contributed by atoms with Crippen LogP contribution in [0.15, 0.2) is 24.3 Å². The fourth-order valence-electron chi connectivity index (χ4n) is 1.79. The van der Waals surface area contributed by atoms with Crippen molar-refractivity contribution >= 4 is 17.3 Å². The Labute approximate surface area is 134 Å². The number of amides is 1. The summed E-state index contributed by atoms with van der Waals surface area (Å²) in [7, 11) is 4.08. The first-order valence-electron chi connectivity index (χ1n) is 7.76. The molecule has 5 nitrogen and oxygen atoms in total. The van der Waals surface area contributed by atoms with E-state index in [1.807, 2.05) is 38.4 Å². The molecule has 0 aliphatic rings. The minimum Gasteiger partial charge on any atom is -0.384 e. The molecule has 0 saturated carbocycles. The smallest absolute Gasteiger partial charge is 0.223 e. The maximum absolute atomic E-state index is 10.9. The van der Waals surface area contributed by atoms with E-state index < -0.39 is 5.91 Å². The Hall–Kier alpha value is -1.88. The minimum atomic E-state index is -0.479. The predicted octanol–water partition coefficient (Wildman–Crippen LogP) is 2.71. The lowest BCUT2D eigenvalue weighted by molar-refractivity contribution is -0.116. The molecular weight excluding hydrogens is 276 g/mol. The molecule has 22 heavy (non-hydrogen) atoms. The highest BCUT2D eigenvalue weighted by atomic mass is 16.1. The van der Waals surface area contributed by atoms with Gasteiger partial charge in [-0.15, -0.1) is 0 Å². The Bertz CT molecular complexity index is 458. The van der Waals surface area contributed by atoms with Crippen molar-refractivity contribution in [1.82, 2.24) is 4.90 Å². The van der Waals surface area contributed by atoms with E-state index in [1.54, 1.807) is 0 Å². The topological polar surface area (TPSA) is 82.2 Å². The van der Waals surface area contributed by atoms with Crippen molar-refractivity contribution in [2.24, 2.45) is 5.73 Å². The zero-order chi connectivity index (χ0) is 17.0. The van der Waals surface area contributed by atoms with Crippen molar-refractivity contribution in [3.8, 4) is 0 Å². The summed E-state index contributed by atoms with van der Waals surface area (Å²) in [5.41, 5.74) is 7.01. The number of rotatable bonds is 8. The molecule has 0 heterocycles. The van der Waals surface area contributed by atoms with Crippen molar-refractivity contribution in [2.75, 3.05) is 32.5 Å². The number of nitrogens with one attached hydrogen (secondary N) is 2. The standard InChI is InChI=1S/C14H22N4O.C3H8/c1-18(2)9-5-8-17-13-7-4-3-6-11(13)12(15)10-14(16)19;1-3-2/h3-4,6-7,15,17H,5,8-10H2,1-2H3,(H2,16,19);3H2,1-2H3. The van der Waals surface area contributed by atoms with Crippen LogP contribution in [-0.4, -0.2) is 43.7 Å². The van der Waals surface area contributed by atoms with Gasteiger partial charge in [0.25, 0.3) is 0 Å². The van der Waals surface area contributed by atoms with Gasteiger partial charge >= 0.3 is 0 Å². The van der Waals surface area contributed by atoms with Crippen LogP contribution in [0.3, 0.4) is 0 Å². The molecule has 5 heteroatoms. The number of nitrogens with zero attached hydrogens (tertiary/aromatic N) is 1. The number of carbonyl (C=O) groups excluding carboxylic acids is 1. The highest BCUT2D eigenvalue weighted by Gasteiger charge is 2.09. The van der Waals surface area contributed by atoms with E-state index in [2.05, 4.69) is 24.1 Å². The molecular formula is C17H30N4O. The molecule has 1 aromatic rings.